The first kappa shape index (κ1) is 22.3. The van der Waals surface area contributed by atoms with Gasteiger partial charge in [0.2, 0.25) is 0 Å². The number of allylic oxidation sites excluding steroid dienone is 1. The van der Waals surface area contributed by atoms with E-state index >= 15 is 0 Å². The van der Waals surface area contributed by atoms with Crippen LogP contribution in [0.1, 0.15) is 30.0 Å². The summed E-state index contributed by atoms with van der Waals surface area (Å²) < 4.78 is 6.68. The van der Waals surface area contributed by atoms with Gasteiger partial charge in [-0.05, 0) is 49.4 Å². The van der Waals surface area contributed by atoms with Crippen molar-refractivity contribution >= 4 is 28.9 Å². The number of halogens is 1. The van der Waals surface area contributed by atoms with Crippen LogP contribution in [0.3, 0.4) is 0 Å². The molecule has 1 saturated heterocycles. The summed E-state index contributed by atoms with van der Waals surface area (Å²) in [4.78, 5) is 32.6. The van der Waals surface area contributed by atoms with Gasteiger partial charge in [-0.25, -0.2) is 0 Å². The summed E-state index contributed by atoms with van der Waals surface area (Å²) >= 11 is 6.13. The monoisotopic (exact) mass is 454 g/mol. The number of rotatable bonds is 6. The summed E-state index contributed by atoms with van der Waals surface area (Å²) in [5.74, 6) is -0.00202. The minimum absolute atomic E-state index is 0.106. The lowest BCUT2D eigenvalue weighted by Crippen LogP contribution is -2.31. The van der Waals surface area contributed by atoms with Crippen LogP contribution in [0.15, 0.2) is 57.6 Å². The van der Waals surface area contributed by atoms with Crippen LogP contribution < -0.4 is 16.2 Å². The van der Waals surface area contributed by atoms with Crippen molar-refractivity contribution in [3.05, 3.63) is 74.3 Å². The zero-order valence-electron chi connectivity index (χ0n) is 18.5. The van der Waals surface area contributed by atoms with Gasteiger partial charge in [-0.15, -0.1) is 0 Å². The lowest BCUT2D eigenvalue weighted by atomic mass is 9.98. The van der Waals surface area contributed by atoms with Gasteiger partial charge in [-0.1, -0.05) is 23.7 Å². The fourth-order valence-corrected chi connectivity index (χ4v) is 4.23. The molecule has 0 spiro atoms. The second kappa shape index (κ2) is 8.92. The van der Waals surface area contributed by atoms with E-state index in [0.717, 1.165) is 18.4 Å². The summed E-state index contributed by atoms with van der Waals surface area (Å²) in [7, 11) is 3.30. The van der Waals surface area contributed by atoms with Crippen LogP contribution in [0.2, 0.25) is 5.02 Å². The summed E-state index contributed by atoms with van der Waals surface area (Å²) in [6.07, 6.45) is 3.62. The second-order valence-electron chi connectivity index (χ2n) is 8.29. The summed E-state index contributed by atoms with van der Waals surface area (Å²) in [6, 6.07) is 8.63. The lowest BCUT2D eigenvalue weighted by molar-refractivity contribution is -0.114. The number of nitrogens with two attached hydrogens (primary N) is 1. The van der Waals surface area contributed by atoms with Crippen LogP contribution in [0, 0.1) is 12.8 Å². The van der Waals surface area contributed by atoms with Crippen LogP contribution in [-0.2, 0) is 16.6 Å². The number of hydrogen-bond donors (Lipinski definition) is 1. The molecule has 2 heterocycles. The molecule has 2 fully saturated rings. The Balaban J connectivity index is 1.94. The number of aliphatic imine (C=N–C) groups is 1. The number of aryl methyl sites for hydroxylation is 2. The normalized spacial score (nSPS) is 21.5. The van der Waals surface area contributed by atoms with Crippen LogP contribution in [0.25, 0.3) is 0 Å². The molecular formula is C24H27ClN4O3. The number of anilines is 1. The van der Waals surface area contributed by atoms with Gasteiger partial charge in [0.15, 0.2) is 0 Å². The molecule has 0 bridgehead atoms. The topological polar surface area (TPSA) is 89.9 Å². The van der Waals surface area contributed by atoms with Crippen LogP contribution in [0.5, 0.6) is 0 Å². The Hall–Kier alpha value is -2.90. The van der Waals surface area contributed by atoms with Crippen molar-refractivity contribution in [1.82, 2.24) is 4.57 Å². The third-order valence-corrected chi connectivity index (χ3v) is 6.15. The summed E-state index contributed by atoms with van der Waals surface area (Å²) in [5.41, 5.74) is 10.1. The molecule has 32 heavy (non-hydrogen) atoms. The van der Waals surface area contributed by atoms with Crippen molar-refractivity contribution in [3.8, 4) is 0 Å². The quantitative estimate of drug-likeness (QED) is 0.536. The Morgan fingerprint density at radius 2 is 1.94 bits per heavy atom. The molecule has 1 saturated carbocycles. The minimum Gasteiger partial charge on any atom is -0.401 e. The number of amides is 1. The molecule has 4 rings (SSSR count). The third kappa shape index (κ3) is 4.10. The molecule has 1 amide bonds. The van der Waals surface area contributed by atoms with Crippen LogP contribution in [-0.4, -0.2) is 36.4 Å². The second-order valence-corrected chi connectivity index (χ2v) is 8.73. The molecule has 1 aromatic carbocycles. The average Bonchev–Trinajstić information content (AvgIpc) is 3.57. The van der Waals surface area contributed by atoms with Crippen molar-refractivity contribution in [2.45, 2.75) is 25.8 Å². The van der Waals surface area contributed by atoms with Crippen molar-refractivity contribution in [1.29, 1.82) is 0 Å². The zero-order chi connectivity index (χ0) is 23.0. The zero-order valence-corrected chi connectivity index (χ0v) is 19.2. The van der Waals surface area contributed by atoms with Gasteiger partial charge in [0.05, 0.1) is 30.1 Å². The van der Waals surface area contributed by atoms with Gasteiger partial charge in [-0.2, -0.15) is 0 Å². The lowest BCUT2D eigenvalue weighted by Gasteiger charge is -2.25. The number of hydrogen-bond acceptors (Lipinski definition) is 5. The highest BCUT2D eigenvalue weighted by atomic mass is 35.5. The molecule has 168 valence electrons. The predicted molar refractivity (Wildman–Crippen MR) is 126 cm³/mol. The Morgan fingerprint density at radius 3 is 2.53 bits per heavy atom. The first-order chi connectivity index (χ1) is 15.3. The Labute approximate surface area is 192 Å². The molecule has 1 aromatic heterocycles. The number of nitrogens with zero attached hydrogens (tertiary/aromatic N) is 3. The number of aromatic nitrogens is 1. The van der Waals surface area contributed by atoms with Gasteiger partial charge < -0.3 is 15.0 Å². The highest BCUT2D eigenvalue weighted by Crippen LogP contribution is 2.43. The minimum atomic E-state index is -0.485. The van der Waals surface area contributed by atoms with Gasteiger partial charge in [0.1, 0.15) is 6.04 Å². The molecule has 2 aliphatic rings. The number of pyridine rings is 1. The van der Waals surface area contributed by atoms with Gasteiger partial charge in [0, 0.05) is 36.6 Å². The van der Waals surface area contributed by atoms with Crippen molar-refractivity contribution < 1.29 is 9.53 Å². The molecule has 1 aliphatic carbocycles. The fraction of sp³-hybridized carbons (Fsp3) is 0.375. The van der Waals surface area contributed by atoms with Crippen molar-refractivity contribution in [2.75, 3.05) is 25.2 Å². The number of benzene rings is 1. The maximum absolute atomic E-state index is 13.8. The van der Waals surface area contributed by atoms with Gasteiger partial charge in [0.25, 0.3) is 11.5 Å². The molecule has 1 unspecified atom stereocenters. The van der Waals surface area contributed by atoms with E-state index < -0.39 is 6.04 Å². The number of carbonyl (C=O) groups is 1. The van der Waals surface area contributed by atoms with E-state index in [1.807, 2.05) is 12.1 Å². The summed E-state index contributed by atoms with van der Waals surface area (Å²) in [6.45, 7) is 2.58. The van der Waals surface area contributed by atoms with Gasteiger partial charge in [-0.3, -0.25) is 19.5 Å². The molecule has 2 aromatic rings. The van der Waals surface area contributed by atoms with Gasteiger partial charge >= 0.3 is 0 Å². The first-order valence-corrected chi connectivity index (χ1v) is 11.0. The summed E-state index contributed by atoms with van der Waals surface area (Å²) in [5, 5.41) is 0.605. The van der Waals surface area contributed by atoms with Crippen LogP contribution >= 0.6 is 11.6 Å². The van der Waals surface area contributed by atoms with E-state index in [4.69, 9.17) is 27.1 Å². The van der Waals surface area contributed by atoms with Crippen LogP contribution in [0.4, 0.5) is 5.69 Å². The van der Waals surface area contributed by atoms with Crippen molar-refractivity contribution in [3.63, 3.8) is 0 Å². The SMILES string of the molecule is COCCN=C1C(=C(N)C2CC2)C(=O)N(c2cc(C)c(=O)n(C)c2)C1c1ccc(Cl)cc1. The Bertz CT molecular complexity index is 1140. The molecule has 8 heteroatoms. The van der Waals surface area contributed by atoms with E-state index in [1.54, 1.807) is 50.4 Å². The average molecular weight is 455 g/mol. The maximum Gasteiger partial charge on any atom is 0.262 e. The van der Waals surface area contributed by atoms with E-state index in [2.05, 4.69) is 0 Å². The predicted octanol–water partition coefficient (Wildman–Crippen LogP) is 3.15. The molecule has 0 radical (unpaired) electrons. The Morgan fingerprint density at radius 1 is 1.25 bits per heavy atom. The third-order valence-electron chi connectivity index (χ3n) is 5.90. The number of carbonyl (C=O) groups excluding carboxylic acids is 1. The highest BCUT2D eigenvalue weighted by molar-refractivity contribution is 6.35. The highest BCUT2D eigenvalue weighted by Gasteiger charge is 2.46. The Kier molecular flexibility index (Phi) is 6.22. The number of methoxy groups -OCH3 is 1. The number of ether oxygens (including phenoxy) is 1. The molecule has 1 aliphatic heterocycles. The molecule has 2 N–H and O–H groups in total. The standard InChI is InChI=1S/C24H27ClN4O3/c1-14-12-18(13-28(2)23(14)30)29-22(16-6-8-17(25)9-7-16)21(27-10-11-32-3)19(24(29)31)20(26)15-4-5-15/h6-9,12-13,15,22H,4-5,10-11,26H2,1-3H3. The van der Waals surface area contributed by atoms with E-state index in [9.17, 15) is 9.59 Å². The smallest absolute Gasteiger partial charge is 0.262 e. The molecule has 1 atom stereocenters. The van der Waals surface area contributed by atoms with Crippen molar-refractivity contribution in [2.24, 2.45) is 23.7 Å². The molecule has 7 nitrogen and oxygen atoms in total. The van der Waals surface area contributed by atoms with E-state index in [1.165, 1.54) is 4.57 Å². The fourth-order valence-electron chi connectivity index (χ4n) is 4.11. The largest absolute Gasteiger partial charge is 0.401 e. The van der Waals surface area contributed by atoms with E-state index in [0.29, 0.717) is 46.4 Å². The maximum atomic E-state index is 13.8. The molecular weight excluding hydrogens is 428 g/mol. The van der Waals surface area contributed by atoms with E-state index in [-0.39, 0.29) is 17.4 Å². The first-order valence-electron chi connectivity index (χ1n) is 10.6.